The SMILES string of the molecule is CNCC1CC(C)CN1. The summed E-state index contributed by atoms with van der Waals surface area (Å²) < 4.78 is 0. The molecule has 54 valence electrons. The van der Waals surface area contributed by atoms with Gasteiger partial charge in [-0.1, -0.05) is 6.92 Å². The molecule has 0 radical (unpaired) electrons. The highest BCUT2D eigenvalue weighted by Crippen LogP contribution is 2.11. The lowest BCUT2D eigenvalue weighted by molar-refractivity contribution is 0.552. The second kappa shape index (κ2) is 3.18. The highest BCUT2D eigenvalue weighted by atomic mass is 15.0. The zero-order valence-electron chi connectivity index (χ0n) is 6.28. The molecule has 0 amide bonds. The van der Waals surface area contributed by atoms with E-state index < -0.39 is 0 Å². The molecule has 1 saturated heterocycles. The first-order chi connectivity index (χ1) is 4.33. The Morgan fingerprint density at radius 3 is 2.89 bits per heavy atom. The van der Waals surface area contributed by atoms with Gasteiger partial charge in [-0.25, -0.2) is 0 Å². The van der Waals surface area contributed by atoms with Crippen LogP contribution < -0.4 is 10.6 Å². The third kappa shape index (κ3) is 1.95. The van der Waals surface area contributed by atoms with Gasteiger partial charge in [0, 0.05) is 12.6 Å². The van der Waals surface area contributed by atoms with Crippen molar-refractivity contribution in [2.45, 2.75) is 19.4 Å². The Balaban J connectivity index is 2.14. The van der Waals surface area contributed by atoms with Gasteiger partial charge in [-0.15, -0.1) is 0 Å². The van der Waals surface area contributed by atoms with Crippen molar-refractivity contribution in [1.29, 1.82) is 0 Å². The Bertz CT molecular complexity index is 81.0. The van der Waals surface area contributed by atoms with Crippen LogP contribution in [0.3, 0.4) is 0 Å². The van der Waals surface area contributed by atoms with Crippen LogP contribution >= 0.6 is 0 Å². The molecule has 1 rings (SSSR count). The third-order valence-electron chi connectivity index (χ3n) is 1.89. The summed E-state index contributed by atoms with van der Waals surface area (Å²) in [5.74, 6) is 0.878. The van der Waals surface area contributed by atoms with Crippen molar-refractivity contribution < 1.29 is 0 Å². The maximum absolute atomic E-state index is 3.44. The van der Waals surface area contributed by atoms with E-state index in [1.54, 1.807) is 0 Å². The maximum atomic E-state index is 3.44. The predicted molar refractivity (Wildman–Crippen MR) is 39.5 cm³/mol. The highest BCUT2D eigenvalue weighted by Gasteiger charge is 2.18. The fraction of sp³-hybridized carbons (Fsp3) is 1.00. The molecular weight excluding hydrogens is 112 g/mol. The molecule has 1 heterocycles. The Labute approximate surface area is 57.0 Å². The van der Waals surface area contributed by atoms with E-state index in [-0.39, 0.29) is 0 Å². The summed E-state index contributed by atoms with van der Waals surface area (Å²) in [7, 11) is 2.00. The Morgan fingerprint density at radius 2 is 2.44 bits per heavy atom. The lowest BCUT2D eigenvalue weighted by Crippen LogP contribution is -2.31. The third-order valence-corrected chi connectivity index (χ3v) is 1.89. The smallest absolute Gasteiger partial charge is 0.0195 e. The molecule has 1 aliphatic rings. The lowest BCUT2D eigenvalue weighted by atomic mass is 10.1. The van der Waals surface area contributed by atoms with Gasteiger partial charge >= 0.3 is 0 Å². The lowest BCUT2D eigenvalue weighted by Gasteiger charge is -2.07. The van der Waals surface area contributed by atoms with E-state index in [1.165, 1.54) is 13.0 Å². The summed E-state index contributed by atoms with van der Waals surface area (Å²) in [6.07, 6.45) is 1.33. The minimum Gasteiger partial charge on any atom is -0.318 e. The first-order valence-electron chi connectivity index (χ1n) is 3.71. The van der Waals surface area contributed by atoms with Crippen LogP contribution in [0.5, 0.6) is 0 Å². The minimum absolute atomic E-state index is 0.727. The van der Waals surface area contributed by atoms with Crippen LogP contribution in [-0.4, -0.2) is 26.2 Å². The predicted octanol–water partition coefficient (Wildman–Crippen LogP) is 0.204. The van der Waals surface area contributed by atoms with E-state index in [0.717, 1.165) is 18.5 Å². The summed E-state index contributed by atoms with van der Waals surface area (Å²) in [6, 6.07) is 0.727. The molecule has 0 saturated carbocycles. The number of hydrogen-bond acceptors (Lipinski definition) is 2. The van der Waals surface area contributed by atoms with Crippen LogP contribution in [0.1, 0.15) is 13.3 Å². The summed E-state index contributed by atoms with van der Waals surface area (Å²) in [5.41, 5.74) is 0. The number of hydrogen-bond donors (Lipinski definition) is 2. The van der Waals surface area contributed by atoms with Crippen molar-refractivity contribution in [2.24, 2.45) is 5.92 Å². The first kappa shape index (κ1) is 7.03. The van der Waals surface area contributed by atoms with Gasteiger partial charge < -0.3 is 10.6 Å². The van der Waals surface area contributed by atoms with Crippen LogP contribution in [0.2, 0.25) is 0 Å². The number of likely N-dealkylation sites (N-methyl/N-ethyl adjacent to an activating group) is 1. The molecule has 0 spiro atoms. The van der Waals surface area contributed by atoms with Crippen LogP contribution in [0, 0.1) is 5.92 Å². The van der Waals surface area contributed by atoms with Gasteiger partial charge in [0.25, 0.3) is 0 Å². The Morgan fingerprint density at radius 1 is 1.67 bits per heavy atom. The largest absolute Gasteiger partial charge is 0.318 e. The fourth-order valence-electron chi connectivity index (χ4n) is 1.42. The molecule has 1 fully saturated rings. The van der Waals surface area contributed by atoms with Crippen molar-refractivity contribution in [3.63, 3.8) is 0 Å². The van der Waals surface area contributed by atoms with E-state index in [4.69, 9.17) is 0 Å². The van der Waals surface area contributed by atoms with Gasteiger partial charge in [-0.3, -0.25) is 0 Å². The first-order valence-corrected chi connectivity index (χ1v) is 3.71. The molecule has 0 aromatic heterocycles. The molecule has 2 atom stereocenters. The standard InChI is InChI=1S/C7H16N2/c1-6-3-7(5-8-2)9-4-6/h6-9H,3-5H2,1-2H3. The molecule has 2 heteroatoms. The van der Waals surface area contributed by atoms with Gasteiger partial charge in [-0.05, 0) is 25.9 Å². The zero-order valence-corrected chi connectivity index (χ0v) is 6.28. The number of rotatable bonds is 2. The van der Waals surface area contributed by atoms with E-state index >= 15 is 0 Å². The zero-order chi connectivity index (χ0) is 6.69. The van der Waals surface area contributed by atoms with E-state index in [1.807, 2.05) is 7.05 Å². The fourth-order valence-corrected chi connectivity index (χ4v) is 1.42. The minimum atomic E-state index is 0.727. The molecular formula is C7H16N2. The average molecular weight is 128 g/mol. The highest BCUT2D eigenvalue weighted by molar-refractivity contribution is 4.79. The van der Waals surface area contributed by atoms with Crippen LogP contribution in [0.4, 0.5) is 0 Å². The summed E-state index contributed by atoms with van der Waals surface area (Å²) in [4.78, 5) is 0. The van der Waals surface area contributed by atoms with E-state index in [9.17, 15) is 0 Å². The van der Waals surface area contributed by atoms with E-state index in [2.05, 4.69) is 17.6 Å². The van der Waals surface area contributed by atoms with Crippen LogP contribution in [-0.2, 0) is 0 Å². The summed E-state index contributed by atoms with van der Waals surface area (Å²) in [6.45, 7) is 4.61. The molecule has 0 aromatic rings. The van der Waals surface area contributed by atoms with Gasteiger partial charge in [0.2, 0.25) is 0 Å². The van der Waals surface area contributed by atoms with Gasteiger partial charge in [0.15, 0.2) is 0 Å². The van der Waals surface area contributed by atoms with Gasteiger partial charge in [0.1, 0.15) is 0 Å². The summed E-state index contributed by atoms with van der Waals surface area (Å²) >= 11 is 0. The second-order valence-corrected chi connectivity index (χ2v) is 3.00. The topological polar surface area (TPSA) is 24.1 Å². The van der Waals surface area contributed by atoms with Gasteiger partial charge in [0.05, 0.1) is 0 Å². The molecule has 0 aliphatic carbocycles. The second-order valence-electron chi connectivity index (χ2n) is 3.00. The average Bonchev–Trinajstić information content (AvgIpc) is 2.17. The monoisotopic (exact) mass is 128 g/mol. The van der Waals surface area contributed by atoms with Crippen LogP contribution in [0.25, 0.3) is 0 Å². The van der Waals surface area contributed by atoms with Crippen molar-refractivity contribution >= 4 is 0 Å². The molecule has 2 unspecified atom stereocenters. The molecule has 9 heavy (non-hydrogen) atoms. The molecule has 0 bridgehead atoms. The van der Waals surface area contributed by atoms with Gasteiger partial charge in [-0.2, -0.15) is 0 Å². The quantitative estimate of drug-likeness (QED) is 0.555. The molecule has 1 aliphatic heterocycles. The van der Waals surface area contributed by atoms with Crippen molar-refractivity contribution in [2.75, 3.05) is 20.1 Å². The molecule has 2 nitrogen and oxygen atoms in total. The van der Waals surface area contributed by atoms with Crippen molar-refractivity contribution in [1.82, 2.24) is 10.6 Å². The summed E-state index contributed by atoms with van der Waals surface area (Å²) in [5, 5.41) is 6.61. The van der Waals surface area contributed by atoms with Crippen molar-refractivity contribution in [3.05, 3.63) is 0 Å². The number of nitrogens with one attached hydrogen (secondary N) is 2. The molecule has 0 aromatic carbocycles. The molecule has 2 N–H and O–H groups in total. The van der Waals surface area contributed by atoms with E-state index in [0.29, 0.717) is 0 Å². The van der Waals surface area contributed by atoms with Crippen LogP contribution in [0.15, 0.2) is 0 Å². The normalized spacial score (nSPS) is 35.3. The Hall–Kier alpha value is -0.0800. The Kier molecular flexibility index (Phi) is 2.49. The maximum Gasteiger partial charge on any atom is 0.0195 e. The van der Waals surface area contributed by atoms with Crippen molar-refractivity contribution in [3.8, 4) is 0 Å².